The highest BCUT2D eigenvalue weighted by Gasteiger charge is 2.25. The van der Waals surface area contributed by atoms with E-state index in [0.29, 0.717) is 6.42 Å². The first-order chi connectivity index (χ1) is 7.78. The Morgan fingerprint density at radius 1 is 1.35 bits per heavy atom. The molecule has 1 aliphatic carbocycles. The minimum absolute atomic E-state index is 0.0859. The van der Waals surface area contributed by atoms with Crippen LogP contribution in [-0.2, 0) is 9.53 Å². The molecular formula is C13H23NO3. The van der Waals surface area contributed by atoms with Gasteiger partial charge in [0.25, 0.3) is 0 Å². The minimum atomic E-state index is -0.527. The second kappa shape index (κ2) is 5.52. The fourth-order valence-electron chi connectivity index (χ4n) is 1.53. The first kappa shape index (κ1) is 14.0. The van der Waals surface area contributed by atoms with E-state index < -0.39 is 17.7 Å². The fourth-order valence-corrected chi connectivity index (χ4v) is 1.53. The maximum absolute atomic E-state index is 11.7. The summed E-state index contributed by atoms with van der Waals surface area (Å²) in [5.41, 5.74) is -0.527. The van der Waals surface area contributed by atoms with Crippen molar-refractivity contribution in [1.82, 2.24) is 5.32 Å². The third-order valence-electron chi connectivity index (χ3n) is 2.71. The summed E-state index contributed by atoms with van der Waals surface area (Å²) >= 11 is 0. The van der Waals surface area contributed by atoms with Crippen molar-refractivity contribution in [3.63, 3.8) is 0 Å². The Balaban J connectivity index is 2.23. The molecule has 0 unspecified atom stereocenters. The van der Waals surface area contributed by atoms with Crippen molar-refractivity contribution in [2.24, 2.45) is 5.92 Å². The Bertz CT molecular complexity index is 290. The van der Waals surface area contributed by atoms with Crippen molar-refractivity contribution in [3.05, 3.63) is 0 Å². The van der Waals surface area contributed by atoms with Gasteiger partial charge in [-0.25, -0.2) is 4.79 Å². The number of carbonyl (C=O) groups excluding carboxylic acids is 2. The molecule has 1 N–H and O–H groups in total. The predicted octanol–water partition coefficient (Wildman–Crippen LogP) is 2.66. The Morgan fingerprint density at radius 2 is 1.94 bits per heavy atom. The lowest BCUT2D eigenvalue weighted by atomic mass is 10.1. The van der Waals surface area contributed by atoms with Crippen LogP contribution in [0.15, 0.2) is 0 Å². The zero-order chi connectivity index (χ0) is 13.1. The molecule has 0 heterocycles. The lowest BCUT2D eigenvalue weighted by molar-refractivity contribution is -0.120. The van der Waals surface area contributed by atoms with Gasteiger partial charge in [0.15, 0.2) is 5.78 Å². The molecule has 1 saturated carbocycles. The van der Waals surface area contributed by atoms with Gasteiger partial charge in [0.05, 0.1) is 6.04 Å². The van der Waals surface area contributed by atoms with Crippen molar-refractivity contribution in [1.29, 1.82) is 0 Å². The Hall–Kier alpha value is -1.06. The van der Waals surface area contributed by atoms with E-state index in [1.54, 1.807) is 27.7 Å². The van der Waals surface area contributed by atoms with Crippen LogP contribution in [0.3, 0.4) is 0 Å². The van der Waals surface area contributed by atoms with Gasteiger partial charge < -0.3 is 10.1 Å². The third kappa shape index (κ3) is 6.29. The van der Waals surface area contributed by atoms with E-state index in [4.69, 9.17) is 4.74 Å². The highest BCUT2D eigenvalue weighted by Crippen LogP contribution is 2.33. The van der Waals surface area contributed by atoms with Crippen LogP contribution in [0.2, 0.25) is 0 Å². The highest BCUT2D eigenvalue weighted by atomic mass is 16.6. The summed E-state index contributed by atoms with van der Waals surface area (Å²) < 4.78 is 5.09. The summed E-state index contributed by atoms with van der Waals surface area (Å²) in [7, 11) is 0. The molecule has 0 aromatic carbocycles. The normalized spacial score (nSPS) is 17.4. The summed E-state index contributed by atoms with van der Waals surface area (Å²) in [6, 6.07) is -0.455. The zero-order valence-corrected chi connectivity index (χ0v) is 11.2. The van der Waals surface area contributed by atoms with Crippen LogP contribution < -0.4 is 5.32 Å². The second-order valence-corrected chi connectivity index (χ2v) is 5.82. The average molecular weight is 241 g/mol. The number of carbonyl (C=O) groups is 2. The van der Waals surface area contributed by atoms with Crippen LogP contribution in [0.25, 0.3) is 0 Å². The number of alkyl carbamates (subject to hydrolysis) is 1. The summed E-state index contributed by atoms with van der Waals surface area (Å²) in [5, 5.41) is 2.57. The van der Waals surface area contributed by atoms with Gasteiger partial charge in [-0.2, -0.15) is 0 Å². The Kier molecular flexibility index (Phi) is 4.54. The molecule has 1 atom stereocenters. The van der Waals surface area contributed by atoms with E-state index in [0.717, 1.165) is 12.3 Å². The van der Waals surface area contributed by atoms with Crippen LogP contribution in [0.4, 0.5) is 4.79 Å². The molecule has 98 valence electrons. The quantitative estimate of drug-likeness (QED) is 0.805. The molecule has 1 amide bonds. The SMILES string of the molecule is C[C@H](NC(=O)OC(C)(C)C)C(=O)CCC1CC1. The van der Waals surface area contributed by atoms with Gasteiger partial charge in [-0.3, -0.25) is 4.79 Å². The number of hydrogen-bond donors (Lipinski definition) is 1. The van der Waals surface area contributed by atoms with Gasteiger partial charge in [0.1, 0.15) is 5.60 Å². The third-order valence-corrected chi connectivity index (χ3v) is 2.71. The largest absolute Gasteiger partial charge is 0.444 e. The van der Waals surface area contributed by atoms with E-state index in [-0.39, 0.29) is 5.78 Å². The first-order valence-corrected chi connectivity index (χ1v) is 6.30. The molecule has 0 spiro atoms. The zero-order valence-electron chi connectivity index (χ0n) is 11.2. The highest BCUT2D eigenvalue weighted by molar-refractivity contribution is 5.87. The molecular weight excluding hydrogens is 218 g/mol. The van der Waals surface area contributed by atoms with Crippen molar-refractivity contribution in [2.45, 2.75) is 65.0 Å². The predicted molar refractivity (Wildman–Crippen MR) is 65.8 cm³/mol. The number of amides is 1. The molecule has 0 radical (unpaired) electrons. The number of nitrogens with one attached hydrogen (secondary N) is 1. The lowest BCUT2D eigenvalue weighted by Crippen LogP contribution is -2.41. The van der Waals surface area contributed by atoms with Crippen LogP contribution in [-0.4, -0.2) is 23.5 Å². The van der Waals surface area contributed by atoms with Crippen LogP contribution in [0.5, 0.6) is 0 Å². The van der Waals surface area contributed by atoms with Crippen molar-refractivity contribution in [3.8, 4) is 0 Å². The van der Waals surface area contributed by atoms with Gasteiger partial charge >= 0.3 is 6.09 Å². The lowest BCUT2D eigenvalue weighted by Gasteiger charge is -2.21. The van der Waals surface area contributed by atoms with Gasteiger partial charge in [0.2, 0.25) is 0 Å². The summed E-state index contributed by atoms with van der Waals surface area (Å²) in [6.07, 6.45) is 3.49. The maximum Gasteiger partial charge on any atom is 0.408 e. The minimum Gasteiger partial charge on any atom is -0.444 e. The molecule has 0 aromatic heterocycles. The van der Waals surface area contributed by atoms with Gasteiger partial charge in [-0.15, -0.1) is 0 Å². The molecule has 17 heavy (non-hydrogen) atoms. The Morgan fingerprint density at radius 3 is 2.41 bits per heavy atom. The van der Waals surface area contributed by atoms with Crippen LogP contribution >= 0.6 is 0 Å². The summed E-state index contributed by atoms with van der Waals surface area (Å²) in [6.45, 7) is 7.10. The molecule has 0 aromatic rings. The number of ketones is 1. The Labute approximate surface area is 103 Å². The average Bonchev–Trinajstić information content (AvgIpc) is 2.93. The number of ether oxygens (including phenoxy) is 1. The van der Waals surface area contributed by atoms with Crippen molar-refractivity contribution < 1.29 is 14.3 Å². The van der Waals surface area contributed by atoms with E-state index in [2.05, 4.69) is 5.32 Å². The first-order valence-electron chi connectivity index (χ1n) is 6.30. The van der Waals surface area contributed by atoms with Gasteiger partial charge in [-0.05, 0) is 40.0 Å². The summed E-state index contributed by atoms with van der Waals surface area (Å²) in [5.74, 6) is 0.829. The maximum atomic E-state index is 11.7. The van der Waals surface area contributed by atoms with Crippen molar-refractivity contribution in [2.75, 3.05) is 0 Å². The number of hydrogen-bond acceptors (Lipinski definition) is 3. The number of Topliss-reactive ketones (excluding diaryl/α,β-unsaturated/α-hetero) is 1. The second-order valence-electron chi connectivity index (χ2n) is 5.82. The molecule has 1 rings (SSSR count). The van der Waals surface area contributed by atoms with E-state index in [1.165, 1.54) is 12.8 Å². The van der Waals surface area contributed by atoms with E-state index in [1.807, 2.05) is 0 Å². The topological polar surface area (TPSA) is 55.4 Å². The molecule has 1 fully saturated rings. The van der Waals surface area contributed by atoms with E-state index in [9.17, 15) is 9.59 Å². The van der Waals surface area contributed by atoms with Gasteiger partial charge in [-0.1, -0.05) is 12.8 Å². The molecule has 0 saturated heterocycles. The van der Waals surface area contributed by atoms with Crippen molar-refractivity contribution >= 4 is 11.9 Å². The smallest absolute Gasteiger partial charge is 0.408 e. The van der Waals surface area contributed by atoms with Crippen LogP contribution in [0.1, 0.15) is 53.4 Å². The molecule has 4 nitrogen and oxygen atoms in total. The molecule has 0 bridgehead atoms. The number of rotatable bonds is 5. The molecule has 4 heteroatoms. The van der Waals surface area contributed by atoms with Gasteiger partial charge in [0, 0.05) is 6.42 Å². The fraction of sp³-hybridized carbons (Fsp3) is 0.846. The van der Waals surface area contributed by atoms with E-state index >= 15 is 0 Å². The monoisotopic (exact) mass is 241 g/mol. The van der Waals surface area contributed by atoms with Crippen LogP contribution in [0, 0.1) is 5.92 Å². The molecule has 0 aliphatic heterocycles. The molecule has 1 aliphatic rings. The summed E-state index contributed by atoms with van der Waals surface area (Å²) in [4.78, 5) is 23.1. The standard InChI is InChI=1S/C13H23NO3/c1-9(11(15)8-7-10-5-6-10)14-12(16)17-13(2,3)4/h9-10H,5-8H2,1-4H3,(H,14,16)/t9-/m0/s1.